The maximum absolute atomic E-state index is 2.45. The van der Waals surface area contributed by atoms with Crippen molar-refractivity contribution in [2.75, 3.05) is 0 Å². The number of hydrogen-bond acceptors (Lipinski definition) is 0. The molecule has 1 heteroatoms. The fraction of sp³-hybridized carbons (Fsp3) is 0.500. The first-order valence-electron chi connectivity index (χ1n) is 6.72. The summed E-state index contributed by atoms with van der Waals surface area (Å²) in [5, 5.41) is 0. The number of benzene rings is 1. The van der Waals surface area contributed by atoms with Crippen molar-refractivity contribution in [3.8, 4) is 0 Å². The highest BCUT2D eigenvalue weighted by Gasteiger charge is 2.08. The fourth-order valence-corrected chi connectivity index (χ4v) is 2.57. The van der Waals surface area contributed by atoms with E-state index in [4.69, 9.17) is 0 Å². The van der Waals surface area contributed by atoms with E-state index in [2.05, 4.69) is 63.5 Å². The third-order valence-electron chi connectivity index (χ3n) is 2.96. The minimum atomic E-state index is -1.10. The van der Waals surface area contributed by atoms with E-state index in [-0.39, 0.29) is 0 Å². The van der Waals surface area contributed by atoms with Crippen molar-refractivity contribution in [3.05, 3.63) is 40.6 Å². The van der Waals surface area contributed by atoms with Crippen LogP contribution in [-0.4, -0.2) is 8.07 Å². The predicted octanol–water partition coefficient (Wildman–Crippen LogP) is 5.23. The maximum Gasteiger partial charge on any atom is 0.0687 e. The van der Waals surface area contributed by atoms with E-state index < -0.39 is 8.07 Å². The van der Waals surface area contributed by atoms with E-state index >= 15 is 0 Å². The van der Waals surface area contributed by atoms with Crippen LogP contribution in [0.4, 0.5) is 0 Å². The summed E-state index contributed by atoms with van der Waals surface area (Å²) in [6, 6.07) is 6.69. The Morgan fingerprint density at radius 2 is 1.88 bits per heavy atom. The number of hydrogen-bond donors (Lipinski definition) is 0. The molecule has 0 aromatic heterocycles. The van der Waals surface area contributed by atoms with Crippen LogP contribution in [0.3, 0.4) is 0 Å². The standard InChI is InChI=1S/C16H26Si/c1-6-7-10-15-11-8-9-14(2)16(15)12-13-17(3,4)5/h8-9,11-13H,6-7,10H2,1-5H3/b13-12+. The van der Waals surface area contributed by atoms with E-state index in [0.29, 0.717) is 0 Å². The molecule has 1 aromatic rings. The number of unbranched alkanes of at least 4 members (excludes halogenated alkanes) is 1. The van der Waals surface area contributed by atoms with Crippen molar-refractivity contribution in [2.24, 2.45) is 0 Å². The minimum Gasteiger partial charge on any atom is -0.0944 e. The Labute approximate surface area is 108 Å². The Morgan fingerprint density at radius 3 is 2.47 bits per heavy atom. The van der Waals surface area contributed by atoms with Crippen molar-refractivity contribution in [2.45, 2.75) is 52.8 Å². The van der Waals surface area contributed by atoms with E-state index in [0.717, 1.165) is 0 Å². The van der Waals surface area contributed by atoms with E-state index in [1.807, 2.05) is 0 Å². The molecular formula is C16H26Si. The van der Waals surface area contributed by atoms with E-state index in [1.165, 1.54) is 36.0 Å². The van der Waals surface area contributed by atoms with Crippen LogP contribution in [0.1, 0.15) is 36.5 Å². The van der Waals surface area contributed by atoms with Crippen LogP contribution in [0, 0.1) is 6.92 Å². The monoisotopic (exact) mass is 246 g/mol. The molecule has 0 saturated carbocycles. The fourth-order valence-electron chi connectivity index (χ4n) is 1.90. The van der Waals surface area contributed by atoms with Gasteiger partial charge in [-0.3, -0.25) is 0 Å². The molecule has 0 radical (unpaired) electrons. The molecule has 0 heterocycles. The zero-order valence-corrected chi connectivity index (χ0v) is 13.0. The lowest BCUT2D eigenvalue weighted by atomic mass is 9.98. The zero-order valence-electron chi connectivity index (χ0n) is 12.0. The Hall–Kier alpha value is -0.823. The van der Waals surface area contributed by atoms with Gasteiger partial charge in [0.1, 0.15) is 0 Å². The zero-order chi connectivity index (χ0) is 12.9. The van der Waals surface area contributed by atoms with Crippen molar-refractivity contribution in [1.82, 2.24) is 0 Å². The smallest absolute Gasteiger partial charge is 0.0687 e. The first-order valence-corrected chi connectivity index (χ1v) is 10.3. The molecule has 0 saturated heterocycles. The quantitative estimate of drug-likeness (QED) is 0.624. The van der Waals surface area contributed by atoms with Gasteiger partial charge in [0.25, 0.3) is 0 Å². The van der Waals surface area contributed by atoms with Crippen molar-refractivity contribution in [1.29, 1.82) is 0 Å². The summed E-state index contributed by atoms with van der Waals surface area (Å²) in [5.74, 6) is 0. The van der Waals surface area contributed by atoms with Gasteiger partial charge < -0.3 is 0 Å². The second-order valence-electron chi connectivity index (χ2n) is 5.95. The van der Waals surface area contributed by atoms with Gasteiger partial charge in [0.2, 0.25) is 0 Å². The lowest BCUT2D eigenvalue weighted by molar-refractivity contribution is 0.793. The van der Waals surface area contributed by atoms with E-state index in [1.54, 1.807) is 0 Å². The SMILES string of the molecule is CCCCc1cccc(C)c1/C=C/[Si](C)(C)C. The summed E-state index contributed by atoms with van der Waals surface area (Å²) in [6.45, 7) is 11.6. The molecule has 0 N–H and O–H groups in total. The molecule has 0 aliphatic heterocycles. The van der Waals surface area contributed by atoms with Crippen LogP contribution >= 0.6 is 0 Å². The highest BCUT2D eigenvalue weighted by molar-refractivity contribution is 6.81. The van der Waals surface area contributed by atoms with Crippen LogP contribution in [0.2, 0.25) is 19.6 Å². The van der Waals surface area contributed by atoms with Gasteiger partial charge in [-0.15, -0.1) is 0 Å². The van der Waals surface area contributed by atoms with Gasteiger partial charge in [0, 0.05) is 0 Å². The molecule has 0 aliphatic rings. The topological polar surface area (TPSA) is 0 Å². The Morgan fingerprint density at radius 1 is 1.18 bits per heavy atom. The summed E-state index contributed by atoms with van der Waals surface area (Å²) in [7, 11) is -1.10. The summed E-state index contributed by atoms with van der Waals surface area (Å²) < 4.78 is 0. The predicted molar refractivity (Wildman–Crippen MR) is 82.2 cm³/mol. The normalized spacial score (nSPS) is 12.3. The van der Waals surface area contributed by atoms with Gasteiger partial charge in [-0.2, -0.15) is 0 Å². The molecule has 94 valence electrons. The molecule has 0 amide bonds. The van der Waals surface area contributed by atoms with E-state index in [9.17, 15) is 0 Å². The Balaban J connectivity index is 2.99. The van der Waals surface area contributed by atoms with Crippen molar-refractivity contribution >= 4 is 14.1 Å². The third-order valence-corrected chi connectivity index (χ3v) is 4.13. The Bertz CT molecular complexity index is 383. The molecule has 0 unspecified atom stereocenters. The van der Waals surface area contributed by atoms with Crippen LogP contribution in [0.5, 0.6) is 0 Å². The first-order chi connectivity index (χ1) is 7.94. The minimum absolute atomic E-state index is 1.10. The van der Waals surface area contributed by atoms with Crippen LogP contribution in [0.15, 0.2) is 23.9 Å². The lowest BCUT2D eigenvalue weighted by Crippen LogP contribution is -2.15. The number of aryl methyl sites for hydroxylation is 2. The van der Waals surface area contributed by atoms with Gasteiger partial charge >= 0.3 is 0 Å². The van der Waals surface area contributed by atoms with Gasteiger partial charge in [-0.05, 0) is 36.5 Å². The van der Waals surface area contributed by atoms with Crippen molar-refractivity contribution < 1.29 is 0 Å². The summed E-state index contributed by atoms with van der Waals surface area (Å²) in [4.78, 5) is 0. The third kappa shape index (κ3) is 4.91. The Kier molecular flexibility index (Phi) is 5.19. The summed E-state index contributed by atoms with van der Waals surface area (Å²) in [6.07, 6.45) is 6.14. The molecule has 0 fully saturated rings. The summed E-state index contributed by atoms with van der Waals surface area (Å²) in [5.41, 5.74) is 6.84. The van der Waals surface area contributed by atoms with Gasteiger partial charge in [-0.25, -0.2) is 0 Å². The highest BCUT2D eigenvalue weighted by Crippen LogP contribution is 2.19. The maximum atomic E-state index is 2.45. The highest BCUT2D eigenvalue weighted by atomic mass is 28.3. The molecule has 0 aliphatic carbocycles. The molecular weight excluding hydrogens is 220 g/mol. The van der Waals surface area contributed by atoms with Crippen molar-refractivity contribution in [3.63, 3.8) is 0 Å². The van der Waals surface area contributed by atoms with Crippen LogP contribution < -0.4 is 0 Å². The molecule has 1 aromatic carbocycles. The van der Waals surface area contributed by atoms with Crippen LogP contribution in [0.25, 0.3) is 6.08 Å². The largest absolute Gasteiger partial charge is 0.0944 e. The van der Waals surface area contributed by atoms with Gasteiger partial charge in [-0.1, -0.05) is 63.0 Å². The van der Waals surface area contributed by atoms with Gasteiger partial charge in [0.15, 0.2) is 0 Å². The van der Waals surface area contributed by atoms with Gasteiger partial charge in [0.05, 0.1) is 8.07 Å². The van der Waals surface area contributed by atoms with Crippen LogP contribution in [-0.2, 0) is 6.42 Å². The molecule has 17 heavy (non-hydrogen) atoms. The number of rotatable bonds is 5. The average Bonchev–Trinajstić information content (AvgIpc) is 2.23. The molecule has 1 rings (SSSR count). The lowest BCUT2D eigenvalue weighted by Gasteiger charge is -2.12. The molecule has 0 bridgehead atoms. The molecule has 0 atom stereocenters. The first kappa shape index (κ1) is 14.2. The summed E-state index contributed by atoms with van der Waals surface area (Å²) >= 11 is 0. The molecule has 0 nitrogen and oxygen atoms in total. The second-order valence-corrected chi connectivity index (χ2v) is 11.0. The second kappa shape index (κ2) is 6.20. The molecule has 0 spiro atoms. The average molecular weight is 246 g/mol.